The molecule has 0 fully saturated rings. The molecular weight excluding hydrogens is 399 g/mol. The first-order valence-corrected chi connectivity index (χ1v) is 10.3. The van der Waals surface area contributed by atoms with E-state index in [0.717, 1.165) is 26.5 Å². The van der Waals surface area contributed by atoms with Crippen LogP contribution in [-0.4, -0.2) is 17.3 Å². The molecule has 5 aromatic rings. The van der Waals surface area contributed by atoms with Gasteiger partial charge in [-0.2, -0.15) is 0 Å². The molecule has 0 amide bonds. The molecule has 6 heteroatoms. The Hall–Kier alpha value is -3.51. The third-order valence-corrected chi connectivity index (χ3v) is 6.09. The molecule has 2 heterocycles. The first-order chi connectivity index (χ1) is 14.6. The lowest BCUT2D eigenvalue weighted by Gasteiger charge is -2.06. The number of fused-ring (bicyclic) bond motifs is 2. The van der Waals surface area contributed by atoms with Crippen molar-refractivity contribution in [3.05, 3.63) is 83.9 Å². The van der Waals surface area contributed by atoms with Gasteiger partial charge in [0.1, 0.15) is 16.4 Å². The van der Waals surface area contributed by atoms with Gasteiger partial charge in [0.05, 0.1) is 16.8 Å². The fourth-order valence-corrected chi connectivity index (χ4v) is 4.44. The van der Waals surface area contributed by atoms with Gasteiger partial charge in [0.25, 0.3) is 0 Å². The molecule has 0 aliphatic carbocycles. The smallest absolute Gasteiger partial charge is 0.217 e. The number of nitrogens with zero attached hydrogens (tertiary/aromatic N) is 1. The SMILES string of the molecule is Cc1c(C(=O)CNc2cccc(-c3nc4ccccc4s3)c2)oc2ccc(F)cc12. The number of aryl methyl sites for hydroxylation is 1. The highest BCUT2D eigenvalue weighted by molar-refractivity contribution is 7.21. The number of hydrogen-bond acceptors (Lipinski definition) is 5. The number of nitrogens with one attached hydrogen (secondary N) is 1. The van der Waals surface area contributed by atoms with Crippen molar-refractivity contribution >= 4 is 44.0 Å². The summed E-state index contributed by atoms with van der Waals surface area (Å²) in [5.74, 6) is -0.282. The molecule has 5 rings (SSSR count). The molecule has 0 saturated carbocycles. The first-order valence-electron chi connectivity index (χ1n) is 9.50. The van der Waals surface area contributed by atoms with E-state index in [9.17, 15) is 9.18 Å². The van der Waals surface area contributed by atoms with Crippen molar-refractivity contribution in [2.24, 2.45) is 0 Å². The summed E-state index contributed by atoms with van der Waals surface area (Å²) in [5.41, 5.74) is 3.95. The third-order valence-electron chi connectivity index (χ3n) is 5.01. The van der Waals surface area contributed by atoms with Gasteiger partial charge in [-0.3, -0.25) is 4.79 Å². The van der Waals surface area contributed by atoms with Crippen LogP contribution in [0, 0.1) is 12.7 Å². The molecule has 0 spiro atoms. The van der Waals surface area contributed by atoms with E-state index < -0.39 is 0 Å². The Morgan fingerprint density at radius 1 is 1.10 bits per heavy atom. The van der Waals surface area contributed by atoms with Gasteiger partial charge in [-0.05, 0) is 49.4 Å². The van der Waals surface area contributed by atoms with Crippen LogP contribution in [0.15, 0.2) is 71.1 Å². The third kappa shape index (κ3) is 3.35. The Bertz CT molecular complexity index is 1370. The molecule has 148 valence electrons. The number of hydrogen-bond donors (Lipinski definition) is 1. The number of furan rings is 1. The van der Waals surface area contributed by atoms with Gasteiger partial charge in [0, 0.05) is 22.2 Å². The van der Waals surface area contributed by atoms with Gasteiger partial charge in [0.15, 0.2) is 5.76 Å². The minimum atomic E-state index is -0.352. The van der Waals surface area contributed by atoms with Crippen LogP contribution in [0.3, 0.4) is 0 Å². The van der Waals surface area contributed by atoms with Crippen molar-refractivity contribution in [2.45, 2.75) is 6.92 Å². The summed E-state index contributed by atoms with van der Waals surface area (Å²) < 4.78 is 20.3. The van der Waals surface area contributed by atoms with Crippen LogP contribution in [0.2, 0.25) is 0 Å². The summed E-state index contributed by atoms with van der Waals surface area (Å²) >= 11 is 1.63. The molecule has 0 bridgehead atoms. The Morgan fingerprint density at radius 2 is 1.97 bits per heavy atom. The lowest BCUT2D eigenvalue weighted by molar-refractivity contribution is 0.0981. The lowest BCUT2D eigenvalue weighted by Crippen LogP contribution is -2.14. The topological polar surface area (TPSA) is 55.1 Å². The molecule has 0 radical (unpaired) electrons. The van der Waals surface area contributed by atoms with Crippen molar-refractivity contribution in [3.8, 4) is 10.6 Å². The highest BCUT2D eigenvalue weighted by Gasteiger charge is 2.18. The summed E-state index contributed by atoms with van der Waals surface area (Å²) in [5, 5.41) is 4.72. The number of anilines is 1. The average molecular weight is 416 g/mol. The van der Waals surface area contributed by atoms with Gasteiger partial charge in [0.2, 0.25) is 5.78 Å². The van der Waals surface area contributed by atoms with E-state index in [1.165, 1.54) is 12.1 Å². The zero-order chi connectivity index (χ0) is 20.7. The second-order valence-corrected chi connectivity index (χ2v) is 8.07. The van der Waals surface area contributed by atoms with E-state index in [1.54, 1.807) is 24.3 Å². The maximum atomic E-state index is 13.5. The fourth-order valence-electron chi connectivity index (χ4n) is 3.48. The van der Waals surface area contributed by atoms with Gasteiger partial charge < -0.3 is 9.73 Å². The second kappa shape index (κ2) is 7.39. The molecular formula is C24H17FN2O2S. The lowest BCUT2D eigenvalue weighted by atomic mass is 10.1. The number of para-hydroxylation sites is 1. The maximum Gasteiger partial charge on any atom is 0.217 e. The predicted octanol–water partition coefficient (Wildman–Crippen LogP) is 6.45. The van der Waals surface area contributed by atoms with Crippen molar-refractivity contribution in [3.63, 3.8) is 0 Å². The number of rotatable bonds is 5. The zero-order valence-electron chi connectivity index (χ0n) is 16.1. The zero-order valence-corrected chi connectivity index (χ0v) is 16.9. The van der Waals surface area contributed by atoms with Crippen molar-refractivity contribution in [1.82, 2.24) is 4.98 Å². The van der Waals surface area contributed by atoms with Gasteiger partial charge in [-0.15, -0.1) is 11.3 Å². The molecule has 0 aliphatic rings. The molecule has 30 heavy (non-hydrogen) atoms. The summed E-state index contributed by atoms with van der Waals surface area (Å²) in [6.07, 6.45) is 0. The molecule has 2 aromatic heterocycles. The molecule has 1 N–H and O–H groups in total. The summed E-state index contributed by atoms with van der Waals surface area (Å²) in [4.78, 5) is 17.4. The quantitative estimate of drug-likeness (QED) is 0.335. The Morgan fingerprint density at radius 3 is 2.83 bits per heavy atom. The summed E-state index contributed by atoms with van der Waals surface area (Å²) in [7, 11) is 0. The van der Waals surface area contributed by atoms with E-state index in [-0.39, 0.29) is 23.9 Å². The Labute approximate surface area is 176 Å². The minimum absolute atomic E-state index is 0.0758. The normalized spacial score (nSPS) is 11.3. The highest BCUT2D eigenvalue weighted by Crippen LogP contribution is 2.31. The van der Waals surface area contributed by atoms with E-state index >= 15 is 0 Å². The molecule has 0 atom stereocenters. The highest BCUT2D eigenvalue weighted by atomic mass is 32.1. The maximum absolute atomic E-state index is 13.5. The fraction of sp³-hybridized carbons (Fsp3) is 0.0833. The number of benzene rings is 3. The number of aromatic nitrogens is 1. The Balaban J connectivity index is 1.36. The number of Topliss-reactive ketones (excluding diaryl/α,β-unsaturated/α-hetero) is 1. The standard InChI is InChI=1S/C24H17FN2O2S/c1-14-18-12-16(25)9-10-21(18)29-23(14)20(28)13-26-17-6-4-5-15(11-17)24-27-19-7-2-3-8-22(19)30-24/h2-12,26H,13H2,1H3. The van der Waals surface area contributed by atoms with Crippen LogP contribution in [0.4, 0.5) is 10.1 Å². The van der Waals surface area contributed by atoms with Gasteiger partial charge in [-0.1, -0.05) is 24.3 Å². The largest absolute Gasteiger partial charge is 0.453 e. The van der Waals surface area contributed by atoms with Gasteiger partial charge in [-0.25, -0.2) is 9.37 Å². The Kier molecular flexibility index (Phi) is 4.56. The van der Waals surface area contributed by atoms with Crippen LogP contribution < -0.4 is 5.32 Å². The molecule has 0 unspecified atom stereocenters. The van der Waals surface area contributed by atoms with E-state index in [0.29, 0.717) is 16.5 Å². The molecule has 4 nitrogen and oxygen atoms in total. The monoisotopic (exact) mass is 416 g/mol. The minimum Gasteiger partial charge on any atom is -0.453 e. The van der Waals surface area contributed by atoms with Crippen molar-refractivity contribution in [1.29, 1.82) is 0 Å². The van der Waals surface area contributed by atoms with Crippen LogP contribution in [0.5, 0.6) is 0 Å². The van der Waals surface area contributed by atoms with Crippen LogP contribution in [0.1, 0.15) is 16.1 Å². The van der Waals surface area contributed by atoms with Crippen molar-refractivity contribution < 1.29 is 13.6 Å². The number of thiazole rings is 1. The van der Waals surface area contributed by atoms with E-state index in [4.69, 9.17) is 4.42 Å². The predicted molar refractivity (Wildman–Crippen MR) is 119 cm³/mol. The number of carbonyl (C=O) groups excluding carboxylic acids is 1. The van der Waals surface area contributed by atoms with Crippen LogP contribution >= 0.6 is 11.3 Å². The number of halogens is 1. The average Bonchev–Trinajstić information content (AvgIpc) is 3.34. The van der Waals surface area contributed by atoms with Gasteiger partial charge >= 0.3 is 0 Å². The molecule has 0 aliphatic heterocycles. The molecule has 0 saturated heterocycles. The second-order valence-electron chi connectivity index (χ2n) is 7.04. The summed E-state index contributed by atoms with van der Waals surface area (Å²) in [6, 6.07) is 20.1. The van der Waals surface area contributed by atoms with E-state index in [2.05, 4.69) is 16.4 Å². The number of ketones is 1. The van der Waals surface area contributed by atoms with Crippen LogP contribution in [-0.2, 0) is 0 Å². The van der Waals surface area contributed by atoms with E-state index in [1.807, 2.05) is 42.5 Å². The molecule has 3 aromatic carbocycles. The first kappa shape index (κ1) is 18.5. The van der Waals surface area contributed by atoms with Crippen molar-refractivity contribution in [2.75, 3.05) is 11.9 Å². The van der Waals surface area contributed by atoms with Crippen LogP contribution in [0.25, 0.3) is 31.8 Å². The number of carbonyl (C=O) groups is 1. The summed E-state index contributed by atoms with van der Waals surface area (Å²) in [6.45, 7) is 1.85.